The Bertz CT molecular complexity index is 660. The highest BCUT2D eigenvalue weighted by molar-refractivity contribution is 9.10. The number of ether oxygens (including phenoxy) is 1. The van der Waals surface area contributed by atoms with Crippen molar-refractivity contribution in [1.82, 2.24) is 0 Å². The molecule has 21 heavy (non-hydrogen) atoms. The van der Waals surface area contributed by atoms with Gasteiger partial charge in [-0.05, 0) is 35.9 Å². The van der Waals surface area contributed by atoms with Gasteiger partial charge in [0.1, 0.15) is 11.1 Å². The molecule has 1 aliphatic heterocycles. The maximum atomic E-state index is 12.3. The van der Waals surface area contributed by atoms with E-state index in [9.17, 15) is 4.79 Å². The lowest BCUT2D eigenvalue weighted by atomic mass is 10.2. The van der Waals surface area contributed by atoms with E-state index in [2.05, 4.69) is 22.0 Å². The molecule has 0 saturated carbocycles. The van der Waals surface area contributed by atoms with Gasteiger partial charge in [-0.25, -0.2) is 0 Å². The van der Waals surface area contributed by atoms with Crippen LogP contribution in [0.3, 0.4) is 0 Å². The highest BCUT2D eigenvalue weighted by Gasteiger charge is 2.34. The molecule has 1 fully saturated rings. The van der Waals surface area contributed by atoms with Crippen molar-refractivity contribution < 1.29 is 9.53 Å². The molecule has 3 rings (SSSR count). The number of hydrogen-bond donors (Lipinski definition) is 0. The standard InChI is InChI=1S/C16H14BrNO2S/c1-20-12-8-6-11(7-9-12)18-15(19)10-21-16(18)13-4-2-3-5-14(13)17/h2-9,16H,10H2,1H3/t16-/m0/s1. The first-order chi connectivity index (χ1) is 10.2. The number of benzene rings is 2. The van der Waals surface area contributed by atoms with Crippen molar-refractivity contribution >= 4 is 39.3 Å². The van der Waals surface area contributed by atoms with E-state index >= 15 is 0 Å². The smallest absolute Gasteiger partial charge is 0.238 e. The van der Waals surface area contributed by atoms with Gasteiger partial charge >= 0.3 is 0 Å². The predicted octanol–water partition coefficient (Wildman–Crippen LogP) is 4.24. The van der Waals surface area contributed by atoms with Crippen LogP contribution < -0.4 is 9.64 Å². The summed E-state index contributed by atoms with van der Waals surface area (Å²) in [6, 6.07) is 15.6. The SMILES string of the molecule is COc1ccc(N2C(=O)CS[C@H]2c2ccccc2Br)cc1. The Morgan fingerprint density at radius 1 is 1.19 bits per heavy atom. The van der Waals surface area contributed by atoms with E-state index in [1.165, 1.54) is 0 Å². The summed E-state index contributed by atoms with van der Waals surface area (Å²) in [6.07, 6.45) is 0. The Kier molecular flexibility index (Phi) is 4.22. The molecule has 0 radical (unpaired) electrons. The molecule has 108 valence electrons. The third-order valence-corrected chi connectivity index (χ3v) is 5.31. The number of rotatable bonds is 3. The summed E-state index contributed by atoms with van der Waals surface area (Å²) < 4.78 is 6.20. The fraction of sp³-hybridized carbons (Fsp3) is 0.188. The molecule has 0 N–H and O–H groups in total. The largest absolute Gasteiger partial charge is 0.497 e. The number of anilines is 1. The lowest BCUT2D eigenvalue weighted by molar-refractivity contribution is -0.115. The lowest BCUT2D eigenvalue weighted by Crippen LogP contribution is -2.27. The summed E-state index contributed by atoms with van der Waals surface area (Å²) in [7, 11) is 1.63. The monoisotopic (exact) mass is 363 g/mol. The van der Waals surface area contributed by atoms with Crippen LogP contribution in [-0.2, 0) is 4.79 Å². The van der Waals surface area contributed by atoms with E-state index in [4.69, 9.17) is 4.74 Å². The Labute approximate surface area is 136 Å². The molecule has 1 saturated heterocycles. The zero-order valence-electron chi connectivity index (χ0n) is 11.5. The van der Waals surface area contributed by atoms with Crippen molar-refractivity contribution in [3.05, 3.63) is 58.6 Å². The minimum Gasteiger partial charge on any atom is -0.497 e. The van der Waals surface area contributed by atoms with Crippen molar-refractivity contribution in [3.63, 3.8) is 0 Å². The van der Waals surface area contributed by atoms with Gasteiger partial charge < -0.3 is 4.74 Å². The third-order valence-electron chi connectivity index (χ3n) is 3.39. The van der Waals surface area contributed by atoms with Crippen LogP contribution in [0.5, 0.6) is 5.75 Å². The van der Waals surface area contributed by atoms with Crippen LogP contribution in [0.1, 0.15) is 10.9 Å². The summed E-state index contributed by atoms with van der Waals surface area (Å²) in [5.41, 5.74) is 2.01. The van der Waals surface area contributed by atoms with Crippen LogP contribution in [0, 0.1) is 0 Å². The van der Waals surface area contributed by atoms with E-state index < -0.39 is 0 Å². The van der Waals surface area contributed by atoms with E-state index in [1.807, 2.05) is 47.4 Å². The van der Waals surface area contributed by atoms with E-state index in [0.29, 0.717) is 5.75 Å². The zero-order chi connectivity index (χ0) is 14.8. The first-order valence-corrected chi connectivity index (χ1v) is 8.37. The molecule has 0 aliphatic carbocycles. The minimum atomic E-state index is 0.00136. The molecule has 5 heteroatoms. The van der Waals surface area contributed by atoms with Gasteiger partial charge in [-0.3, -0.25) is 9.69 Å². The highest BCUT2D eigenvalue weighted by atomic mass is 79.9. The van der Waals surface area contributed by atoms with Crippen LogP contribution in [0.4, 0.5) is 5.69 Å². The molecule has 0 aromatic heterocycles. The second-order valence-electron chi connectivity index (χ2n) is 4.65. The molecule has 1 heterocycles. The second-order valence-corrected chi connectivity index (χ2v) is 6.57. The van der Waals surface area contributed by atoms with E-state index in [-0.39, 0.29) is 11.3 Å². The van der Waals surface area contributed by atoms with Gasteiger partial charge in [0.25, 0.3) is 0 Å². The van der Waals surface area contributed by atoms with Crippen molar-refractivity contribution in [2.45, 2.75) is 5.37 Å². The van der Waals surface area contributed by atoms with Crippen LogP contribution >= 0.6 is 27.7 Å². The van der Waals surface area contributed by atoms with Crippen LogP contribution in [0.25, 0.3) is 0 Å². The highest BCUT2D eigenvalue weighted by Crippen LogP contribution is 2.44. The number of carbonyl (C=O) groups excluding carboxylic acids is 1. The summed E-state index contributed by atoms with van der Waals surface area (Å²) >= 11 is 5.22. The van der Waals surface area contributed by atoms with Crippen LogP contribution in [-0.4, -0.2) is 18.8 Å². The summed E-state index contributed by atoms with van der Waals surface area (Å²) in [6.45, 7) is 0. The van der Waals surface area contributed by atoms with Gasteiger partial charge in [0.05, 0.1) is 12.9 Å². The normalized spacial score (nSPS) is 18.1. The average molecular weight is 364 g/mol. The van der Waals surface area contributed by atoms with Gasteiger partial charge in [0.2, 0.25) is 5.91 Å². The molecule has 1 atom stereocenters. The van der Waals surface area contributed by atoms with Crippen LogP contribution in [0.2, 0.25) is 0 Å². The fourth-order valence-electron chi connectivity index (χ4n) is 2.35. The van der Waals surface area contributed by atoms with Gasteiger partial charge in [-0.1, -0.05) is 34.1 Å². The van der Waals surface area contributed by atoms with Gasteiger partial charge in [-0.15, -0.1) is 11.8 Å². The number of thioether (sulfide) groups is 1. The second kappa shape index (κ2) is 6.12. The first kappa shape index (κ1) is 14.5. The maximum Gasteiger partial charge on any atom is 0.238 e. The Hall–Kier alpha value is -1.46. The van der Waals surface area contributed by atoms with E-state index in [0.717, 1.165) is 21.5 Å². The maximum absolute atomic E-state index is 12.3. The molecule has 1 amide bonds. The molecule has 2 aromatic carbocycles. The fourth-order valence-corrected chi connectivity index (χ4v) is 4.22. The lowest BCUT2D eigenvalue weighted by Gasteiger charge is -2.25. The Balaban J connectivity index is 1.97. The first-order valence-electron chi connectivity index (χ1n) is 6.53. The number of nitrogens with zero attached hydrogens (tertiary/aromatic N) is 1. The predicted molar refractivity (Wildman–Crippen MR) is 89.8 cm³/mol. The Morgan fingerprint density at radius 2 is 1.90 bits per heavy atom. The quantitative estimate of drug-likeness (QED) is 0.816. The van der Waals surface area contributed by atoms with Crippen LogP contribution in [0.15, 0.2) is 53.0 Å². The number of hydrogen-bond acceptors (Lipinski definition) is 3. The minimum absolute atomic E-state index is 0.00136. The van der Waals surface area contributed by atoms with Gasteiger partial charge in [-0.2, -0.15) is 0 Å². The molecular formula is C16H14BrNO2S. The van der Waals surface area contributed by atoms with Crippen molar-refractivity contribution in [1.29, 1.82) is 0 Å². The molecule has 0 bridgehead atoms. The van der Waals surface area contributed by atoms with E-state index in [1.54, 1.807) is 18.9 Å². The molecule has 0 spiro atoms. The third kappa shape index (κ3) is 2.80. The molecular weight excluding hydrogens is 350 g/mol. The van der Waals surface area contributed by atoms with Crippen molar-refractivity contribution in [2.75, 3.05) is 17.8 Å². The topological polar surface area (TPSA) is 29.5 Å². The van der Waals surface area contributed by atoms with Gasteiger partial charge in [0, 0.05) is 10.2 Å². The zero-order valence-corrected chi connectivity index (χ0v) is 13.9. The van der Waals surface area contributed by atoms with Crippen molar-refractivity contribution in [2.24, 2.45) is 0 Å². The average Bonchev–Trinajstić information content (AvgIpc) is 2.89. The summed E-state index contributed by atoms with van der Waals surface area (Å²) in [5, 5.41) is 0.00136. The Morgan fingerprint density at radius 3 is 2.57 bits per heavy atom. The van der Waals surface area contributed by atoms with Gasteiger partial charge in [0.15, 0.2) is 0 Å². The number of halogens is 1. The molecule has 3 nitrogen and oxygen atoms in total. The van der Waals surface area contributed by atoms with Crippen molar-refractivity contribution in [3.8, 4) is 5.75 Å². The molecule has 1 aliphatic rings. The number of amides is 1. The summed E-state index contributed by atoms with van der Waals surface area (Å²) in [4.78, 5) is 14.1. The number of methoxy groups -OCH3 is 1. The molecule has 2 aromatic rings. The molecule has 0 unspecified atom stereocenters. The number of carbonyl (C=O) groups is 1. The summed E-state index contributed by atoms with van der Waals surface area (Å²) in [5.74, 6) is 1.42.